The number of rotatable bonds is 3. The summed E-state index contributed by atoms with van der Waals surface area (Å²) in [6.45, 7) is 0. The molecule has 0 aliphatic heterocycles. The summed E-state index contributed by atoms with van der Waals surface area (Å²) in [5.74, 6) is -0.802. The first-order chi connectivity index (χ1) is 8.70. The Morgan fingerprint density at radius 3 is 2.61 bits per heavy atom. The van der Waals surface area contributed by atoms with Crippen molar-refractivity contribution in [2.24, 2.45) is 0 Å². The second kappa shape index (κ2) is 4.39. The molecule has 18 heavy (non-hydrogen) atoms. The zero-order valence-electron chi connectivity index (χ0n) is 10.4. The van der Waals surface area contributed by atoms with Crippen LogP contribution in [0.2, 0.25) is 0 Å². The van der Waals surface area contributed by atoms with E-state index in [4.69, 9.17) is 4.74 Å². The van der Waals surface area contributed by atoms with Crippen molar-refractivity contribution in [3.05, 3.63) is 35.4 Å². The van der Waals surface area contributed by atoms with Crippen molar-refractivity contribution in [3.8, 4) is 0 Å². The molecular weight excluding hydrogens is 228 g/mol. The van der Waals surface area contributed by atoms with Crippen molar-refractivity contribution in [1.29, 1.82) is 0 Å². The van der Waals surface area contributed by atoms with Gasteiger partial charge in [0.1, 0.15) is 0 Å². The highest BCUT2D eigenvalue weighted by atomic mass is 16.5. The number of aryl methyl sites for hydroxylation is 1. The van der Waals surface area contributed by atoms with Gasteiger partial charge in [-0.1, -0.05) is 24.3 Å². The first-order valence-electron chi connectivity index (χ1n) is 6.68. The lowest BCUT2D eigenvalue weighted by Gasteiger charge is -2.40. The third-order valence-corrected chi connectivity index (χ3v) is 4.23. The van der Waals surface area contributed by atoms with Crippen LogP contribution in [-0.2, 0) is 22.4 Å². The molecule has 0 radical (unpaired) electrons. The normalized spacial score (nSPS) is 27.3. The Kier molecular flexibility index (Phi) is 2.86. The Morgan fingerprint density at radius 1 is 1.28 bits per heavy atom. The third-order valence-electron chi connectivity index (χ3n) is 4.23. The molecular formula is C15H18O3. The van der Waals surface area contributed by atoms with Crippen LogP contribution in [-0.4, -0.2) is 22.8 Å². The van der Waals surface area contributed by atoms with Gasteiger partial charge in [0.05, 0.1) is 6.10 Å². The zero-order chi connectivity index (χ0) is 12.6. The zero-order valence-corrected chi connectivity index (χ0v) is 10.4. The average molecular weight is 246 g/mol. The fourth-order valence-electron chi connectivity index (χ4n) is 2.85. The number of carbonyl (C=O) groups is 1. The average Bonchev–Trinajstić information content (AvgIpc) is 2.33. The predicted molar refractivity (Wildman–Crippen MR) is 67.6 cm³/mol. The largest absolute Gasteiger partial charge is 0.479 e. The smallest absolute Gasteiger partial charge is 0.336 e. The van der Waals surface area contributed by atoms with E-state index in [1.165, 1.54) is 5.56 Å². The second-order valence-corrected chi connectivity index (χ2v) is 5.42. The number of fused-ring (bicyclic) bond motifs is 1. The summed E-state index contributed by atoms with van der Waals surface area (Å²) in [6, 6.07) is 8.10. The molecule has 0 aromatic heterocycles. The van der Waals surface area contributed by atoms with Gasteiger partial charge in [0.15, 0.2) is 5.60 Å². The van der Waals surface area contributed by atoms with E-state index in [1.807, 2.05) is 18.2 Å². The Labute approximate surface area is 107 Å². The maximum absolute atomic E-state index is 11.6. The van der Waals surface area contributed by atoms with Crippen LogP contribution in [0.3, 0.4) is 0 Å². The van der Waals surface area contributed by atoms with E-state index >= 15 is 0 Å². The van der Waals surface area contributed by atoms with Crippen LogP contribution in [0, 0.1) is 0 Å². The predicted octanol–water partition coefficient (Wildman–Crippen LogP) is 2.57. The molecule has 1 unspecified atom stereocenters. The van der Waals surface area contributed by atoms with E-state index in [2.05, 4.69) is 6.07 Å². The summed E-state index contributed by atoms with van der Waals surface area (Å²) in [6.07, 6.45) is 5.25. The Morgan fingerprint density at radius 2 is 2.00 bits per heavy atom. The van der Waals surface area contributed by atoms with Crippen LogP contribution in [0.25, 0.3) is 0 Å². The second-order valence-electron chi connectivity index (χ2n) is 5.42. The van der Waals surface area contributed by atoms with Gasteiger partial charge in [-0.3, -0.25) is 0 Å². The first kappa shape index (κ1) is 11.7. The van der Waals surface area contributed by atoms with E-state index < -0.39 is 11.6 Å². The molecule has 3 nitrogen and oxygen atoms in total. The molecule has 1 aromatic carbocycles. The summed E-state index contributed by atoms with van der Waals surface area (Å²) < 4.78 is 5.93. The Bertz CT molecular complexity index is 465. The van der Waals surface area contributed by atoms with Crippen molar-refractivity contribution < 1.29 is 14.6 Å². The van der Waals surface area contributed by atoms with Gasteiger partial charge in [0, 0.05) is 6.42 Å². The molecule has 0 spiro atoms. The number of carboxylic acid groups (broad SMARTS) is 1. The quantitative estimate of drug-likeness (QED) is 0.891. The molecule has 1 aromatic rings. The van der Waals surface area contributed by atoms with Crippen molar-refractivity contribution >= 4 is 5.97 Å². The van der Waals surface area contributed by atoms with Crippen LogP contribution in [0.4, 0.5) is 0 Å². The molecule has 0 bridgehead atoms. The number of aliphatic carboxylic acids is 1. The summed E-state index contributed by atoms with van der Waals surface area (Å²) in [4.78, 5) is 11.6. The van der Waals surface area contributed by atoms with E-state index in [9.17, 15) is 9.90 Å². The van der Waals surface area contributed by atoms with Gasteiger partial charge >= 0.3 is 5.97 Å². The highest BCUT2D eigenvalue weighted by Crippen LogP contribution is 2.36. The number of ether oxygens (including phenoxy) is 1. The van der Waals surface area contributed by atoms with Crippen molar-refractivity contribution in [2.75, 3.05) is 0 Å². The number of hydrogen-bond acceptors (Lipinski definition) is 2. The standard InChI is InChI=1S/C15H18O3/c16-14(17)15(18-13-6-3-7-13)9-8-11-4-1-2-5-12(11)10-15/h1-2,4-5,13H,3,6-10H2,(H,16,17). The Hall–Kier alpha value is -1.35. The van der Waals surface area contributed by atoms with E-state index in [-0.39, 0.29) is 6.10 Å². The highest BCUT2D eigenvalue weighted by Gasteiger charge is 2.45. The monoisotopic (exact) mass is 246 g/mol. The molecule has 3 heteroatoms. The number of benzene rings is 1. The molecule has 1 atom stereocenters. The van der Waals surface area contributed by atoms with Crippen LogP contribution < -0.4 is 0 Å². The fraction of sp³-hybridized carbons (Fsp3) is 0.533. The molecule has 1 N–H and O–H groups in total. The molecule has 2 aliphatic carbocycles. The maximum Gasteiger partial charge on any atom is 0.336 e. The van der Waals surface area contributed by atoms with Gasteiger partial charge in [-0.25, -0.2) is 4.79 Å². The van der Waals surface area contributed by atoms with Gasteiger partial charge in [-0.2, -0.15) is 0 Å². The van der Waals surface area contributed by atoms with E-state index in [0.29, 0.717) is 12.8 Å². The summed E-state index contributed by atoms with van der Waals surface area (Å²) in [5, 5.41) is 9.56. The molecule has 2 aliphatic rings. The van der Waals surface area contributed by atoms with Crippen LogP contribution in [0.5, 0.6) is 0 Å². The van der Waals surface area contributed by atoms with Crippen LogP contribution in [0.1, 0.15) is 36.8 Å². The van der Waals surface area contributed by atoms with E-state index in [1.54, 1.807) is 0 Å². The van der Waals surface area contributed by atoms with Crippen LogP contribution >= 0.6 is 0 Å². The molecule has 0 heterocycles. The summed E-state index contributed by atoms with van der Waals surface area (Å²) in [7, 11) is 0. The lowest BCUT2D eigenvalue weighted by molar-refractivity contribution is -0.183. The van der Waals surface area contributed by atoms with Gasteiger partial charge in [-0.15, -0.1) is 0 Å². The highest BCUT2D eigenvalue weighted by molar-refractivity contribution is 5.78. The number of hydrogen-bond donors (Lipinski definition) is 1. The SMILES string of the molecule is O=C(O)C1(OC2CCC2)CCc2ccccc2C1. The van der Waals surface area contributed by atoms with Crippen molar-refractivity contribution in [3.63, 3.8) is 0 Å². The van der Waals surface area contributed by atoms with Crippen LogP contribution in [0.15, 0.2) is 24.3 Å². The lowest BCUT2D eigenvalue weighted by Crippen LogP contribution is -2.49. The minimum atomic E-state index is -0.987. The van der Waals surface area contributed by atoms with Gasteiger partial charge in [0.2, 0.25) is 0 Å². The third kappa shape index (κ3) is 1.93. The van der Waals surface area contributed by atoms with Crippen molar-refractivity contribution in [2.45, 2.75) is 50.2 Å². The molecule has 0 amide bonds. The molecule has 1 saturated carbocycles. The lowest BCUT2D eigenvalue weighted by atomic mass is 9.79. The number of carboxylic acids is 1. The minimum absolute atomic E-state index is 0.159. The van der Waals surface area contributed by atoms with Gasteiger partial charge in [-0.05, 0) is 43.2 Å². The molecule has 3 rings (SSSR count). The van der Waals surface area contributed by atoms with Crippen molar-refractivity contribution in [1.82, 2.24) is 0 Å². The first-order valence-corrected chi connectivity index (χ1v) is 6.68. The summed E-state index contributed by atoms with van der Waals surface area (Å²) >= 11 is 0. The molecule has 1 fully saturated rings. The maximum atomic E-state index is 11.6. The van der Waals surface area contributed by atoms with E-state index in [0.717, 1.165) is 31.2 Å². The fourth-order valence-corrected chi connectivity index (χ4v) is 2.85. The minimum Gasteiger partial charge on any atom is -0.479 e. The molecule has 0 saturated heterocycles. The summed E-state index contributed by atoms with van der Waals surface area (Å²) in [5.41, 5.74) is 1.41. The Balaban J connectivity index is 1.86. The topological polar surface area (TPSA) is 46.5 Å². The van der Waals surface area contributed by atoms with Gasteiger partial charge < -0.3 is 9.84 Å². The molecule has 96 valence electrons. The van der Waals surface area contributed by atoms with Gasteiger partial charge in [0.25, 0.3) is 0 Å².